The van der Waals surface area contributed by atoms with Crippen LogP contribution in [0.1, 0.15) is 31.4 Å². The summed E-state index contributed by atoms with van der Waals surface area (Å²) in [5.41, 5.74) is 1.10. The minimum Gasteiger partial charge on any atom is -0.342 e. The zero-order valence-corrected chi connectivity index (χ0v) is 12.5. The molecule has 0 bridgehead atoms. The van der Waals surface area contributed by atoms with Crippen LogP contribution in [0.5, 0.6) is 0 Å². The number of nitrogens with zero attached hydrogens (tertiary/aromatic N) is 3. The lowest BCUT2D eigenvalue weighted by atomic mass is 9.90. The Bertz CT molecular complexity index is 459. The summed E-state index contributed by atoms with van der Waals surface area (Å²) in [7, 11) is 0. The van der Waals surface area contributed by atoms with Crippen LogP contribution in [0.4, 0.5) is 5.95 Å². The number of anilines is 1. The third kappa shape index (κ3) is 2.75. The Labute approximate surface area is 121 Å². The van der Waals surface area contributed by atoms with Crippen LogP contribution in [-0.2, 0) is 6.54 Å². The molecule has 0 aromatic carbocycles. The van der Waals surface area contributed by atoms with E-state index in [9.17, 15) is 0 Å². The molecule has 0 saturated carbocycles. The fourth-order valence-corrected chi connectivity index (χ4v) is 3.69. The smallest absolute Gasteiger partial charge is 0.206 e. The minimum atomic E-state index is 0.724. The van der Waals surface area contributed by atoms with Gasteiger partial charge in [-0.05, 0) is 45.1 Å². The molecule has 2 saturated heterocycles. The zero-order chi connectivity index (χ0) is 13.9. The van der Waals surface area contributed by atoms with Gasteiger partial charge in [-0.3, -0.25) is 0 Å². The van der Waals surface area contributed by atoms with Gasteiger partial charge in [0.1, 0.15) is 0 Å². The number of imidazole rings is 1. The van der Waals surface area contributed by atoms with Crippen LogP contribution in [0.2, 0.25) is 0 Å². The molecule has 0 amide bonds. The van der Waals surface area contributed by atoms with Crippen LogP contribution in [0.25, 0.3) is 0 Å². The molecule has 2 unspecified atom stereocenters. The zero-order valence-electron chi connectivity index (χ0n) is 12.5. The van der Waals surface area contributed by atoms with Crippen LogP contribution in [-0.4, -0.2) is 35.2 Å². The first kappa shape index (κ1) is 13.7. The van der Waals surface area contributed by atoms with E-state index < -0.39 is 0 Å². The second-order valence-corrected chi connectivity index (χ2v) is 6.17. The maximum atomic E-state index is 4.73. The number of hydrogen-bond acceptors (Lipinski definition) is 3. The first-order chi connectivity index (χ1) is 9.78. The highest BCUT2D eigenvalue weighted by Gasteiger charge is 2.30. The molecule has 1 aromatic rings. The molecule has 0 radical (unpaired) electrons. The Morgan fingerprint density at radius 1 is 1.45 bits per heavy atom. The SMILES string of the molecule is C=CCn1cc(C)nc1N1CCCC(C2CCCN2)C1. The van der Waals surface area contributed by atoms with Crippen LogP contribution in [0.15, 0.2) is 18.9 Å². The quantitative estimate of drug-likeness (QED) is 0.856. The Morgan fingerprint density at radius 2 is 2.35 bits per heavy atom. The summed E-state index contributed by atoms with van der Waals surface area (Å²) in [5.74, 6) is 1.91. The van der Waals surface area contributed by atoms with Crippen molar-refractivity contribution in [1.82, 2.24) is 14.9 Å². The molecule has 0 aliphatic carbocycles. The number of aromatic nitrogens is 2. The second kappa shape index (κ2) is 6.00. The Kier molecular flexibility index (Phi) is 4.10. The molecule has 2 aliphatic rings. The van der Waals surface area contributed by atoms with Crippen molar-refractivity contribution in [3.63, 3.8) is 0 Å². The van der Waals surface area contributed by atoms with E-state index in [-0.39, 0.29) is 0 Å². The van der Waals surface area contributed by atoms with Gasteiger partial charge < -0.3 is 14.8 Å². The van der Waals surface area contributed by atoms with Gasteiger partial charge in [-0.2, -0.15) is 0 Å². The Balaban J connectivity index is 1.74. The first-order valence-electron chi connectivity index (χ1n) is 7.91. The van der Waals surface area contributed by atoms with Gasteiger partial charge in [0.05, 0.1) is 5.69 Å². The molecule has 0 spiro atoms. The fraction of sp³-hybridized carbons (Fsp3) is 0.688. The Morgan fingerprint density at radius 3 is 3.10 bits per heavy atom. The van der Waals surface area contributed by atoms with Gasteiger partial charge in [0.25, 0.3) is 0 Å². The normalized spacial score (nSPS) is 26.9. The maximum absolute atomic E-state index is 4.73. The van der Waals surface area contributed by atoms with E-state index in [1.807, 2.05) is 6.08 Å². The van der Waals surface area contributed by atoms with Gasteiger partial charge in [-0.1, -0.05) is 6.08 Å². The third-order valence-corrected chi connectivity index (χ3v) is 4.61. The molecular weight excluding hydrogens is 248 g/mol. The third-order valence-electron chi connectivity index (χ3n) is 4.61. The van der Waals surface area contributed by atoms with Gasteiger partial charge in [0.15, 0.2) is 0 Å². The van der Waals surface area contributed by atoms with Crippen molar-refractivity contribution in [3.05, 3.63) is 24.5 Å². The maximum Gasteiger partial charge on any atom is 0.206 e. The van der Waals surface area contributed by atoms with Gasteiger partial charge in [-0.15, -0.1) is 6.58 Å². The lowest BCUT2D eigenvalue weighted by Gasteiger charge is -2.36. The molecular formula is C16H26N4. The van der Waals surface area contributed by atoms with Crippen LogP contribution in [0.3, 0.4) is 0 Å². The largest absolute Gasteiger partial charge is 0.342 e. The number of piperidine rings is 1. The summed E-state index contributed by atoms with van der Waals surface area (Å²) in [4.78, 5) is 7.21. The van der Waals surface area contributed by atoms with Gasteiger partial charge in [0.2, 0.25) is 5.95 Å². The highest BCUT2D eigenvalue weighted by Crippen LogP contribution is 2.27. The topological polar surface area (TPSA) is 33.1 Å². The molecule has 4 heteroatoms. The molecule has 2 atom stereocenters. The lowest BCUT2D eigenvalue weighted by Crippen LogP contribution is -2.44. The van der Waals surface area contributed by atoms with Gasteiger partial charge >= 0.3 is 0 Å². The van der Waals surface area contributed by atoms with E-state index in [0.717, 1.165) is 43.2 Å². The van der Waals surface area contributed by atoms with Crippen molar-refractivity contribution in [2.45, 2.75) is 45.2 Å². The van der Waals surface area contributed by atoms with Crippen molar-refractivity contribution < 1.29 is 0 Å². The molecule has 4 nitrogen and oxygen atoms in total. The fourth-order valence-electron chi connectivity index (χ4n) is 3.69. The summed E-state index contributed by atoms with van der Waals surface area (Å²) in [6, 6.07) is 0.724. The highest BCUT2D eigenvalue weighted by atomic mass is 15.3. The molecule has 1 N–H and O–H groups in total. The minimum absolute atomic E-state index is 0.724. The van der Waals surface area contributed by atoms with E-state index in [0.29, 0.717) is 0 Å². The van der Waals surface area contributed by atoms with E-state index in [2.05, 4.69) is 34.5 Å². The molecule has 2 aliphatic heterocycles. The molecule has 3 heterocycles. The lowest BCUT2D eigenvalue weighted by molar-refractivity contribution is 0.325. The van der Waals surface area contributed by atoms with E-state index >= 15 is 0 Å². The molecule has 20 heavy (non-hydrogen) atoms. The molecule has 3 rings (SSSR count). The summed E-state index contributed by atoms with van der Waals surface area (Å²) >= 11 is 0. The average molecular weight is 274 g/mol. The van der Waals surface area contributed by atoms with E-state index in [1.165, 1.54) is 32.2 Å². The van der Waals surface area contributed by atoms with Crippen molar-refractivity contribution in [3.8, 4) is 0 Å². The van der Waals surface area contributed by atoms with Crippen LogP contribution in [0, 0.1) is 12.8 Å². The van der Waals surface area contributed by atoms with Crippen LogP contribution >= 0.6 is 0 Å². The Hall–Kier alpha value is -1.29. The summed E-state index contributed by atoms with van der Waals surface area (Å²) in [6.07, 6.45) is 9.40. The predicted octanol–water partition coefficient (Wildman–Crippen LogP) is 2.35. The summed E-state index contributed by atoms with van der Waals surface area (Å²) in [6.45, 7) is 10.3. The summed E-state index contributed by atoms with van der Waals surface area (Å²) < 4.78 is 2.23. The number of hydrogen-bond donors (Lipinski definition) is 1. The number of aryl methyl sites for hydroxylation is 1. The average Bonchev–Trinajstić information content (AvgIpc) is 3.09. The van der Waals surface area contributed by atoms with E-state index in [1.54, 1.807) is 0 Å². The first-order valence-corrected chi connectivity index (χ1v) is 7.91. The number of nitrogens with one attached hydrogen (secondary N) is 1. The molecule has 2 fully saturated rings. The monoisotopic (exact) mass is 274 g/mol. The second-order valence-electron chi connectivity index (χ2n) is 6.17. The molecule has 1 aromatic heterocycles. The van der Waals surface area contributed by atoms with Crippen molar-refractivity contribution in [2.75, 3.05) is 24.5 Å². The highest BCUT2D eigenvalue weighted by molar-refractivity contribution is 5.34. The van der Waals surface area contributed by atoms with Crippen molar-refractivity contribution in [1.29, 1.82) is 0 Å². The van der Waals surface area contributed by atoms with Gasteiger partial charge in [-0.25, -0.2) is 4.98 Å². The number of rotatable bonds is 4. The predicted molar refractivity (Wildman–Crippen MR) is 83.1 cm³/mol. The number of allylic oxidation sites excluding steroid dienone is 1. The van der Waals surface area contributed by atoms with Crippen molar-refractivity contribution >= 4 is 5.95 Å². The van der Waals surface area contributed by atoms with Crippen molar-refractivity contribution in [2.24, 2.45) is 5.92 Å². The van der Waals surface area contributed by atoms with Crippen LogP contribution < -0.4 is 10.2 Å². The standard InChI is InChI=1S/C16H26N4/c1-3-9-19-11-13(2)18-16(19)20-10-5-6-14(12-20)15-7-4-8-17-15/h3,11,14-15,17H,1,4-10,12H2,2H3. The summed E-state index contributed by atoms with van der Waals surface area (Å²) in [5, 5.41) is 3.67. The van der Waals surface area contributed by atoms with E-state index in [4.69, 9.17) is 4.98 Å². The van der Waals surface area contributed by atoms with Gasteiger partial charge in [0, 0.05) is 31.9 Å². The molecule has 110 valence electrons.